The Bertz CT molecular complexity index is 1060. The van der Waals surface area contributed by atoms with Gasteiger partial charge >= 0.3 is 0 Å². The molecule has 1 amide bonds. The van der Waals surface area contributed by atoms with Crippen molar-refractivity contribution in [2.75, 3.05) is 36.7 Å². The van der Waals surface area contributed by atoms with Crippen molar-refractivity contribution in [3.8, 4) is 0 Å². The van der Waals surface area contributed by atoms with Crippen LogP contribution in [-0.2, 0) is 23.0 Å². The van der Waals surface area contributed by atoms with E-state index in [0.29, 0.717) is 17.7 Å². The molecule has 2 aliphatic heterocycles. The molecule has 2 aliphatic rings. The number of hydrogen-bond donors (Lipinski definition) is 1. The fraction of sp³-hybridized carbons (Fsp3) is 0.435. The quantitative estimate of drug-likeness (QED) is 0.797. The number of aryl methyl sites for hydroxylation is 1. The van der Waals surface area contributed by atoms with Gasteiger partial charge in [0, 0.05) is 17.2 Å². The monoisotopic (exact) mass is 428 g/mol. The van der Waals surface area contributed by atoms with Crippen LogP contribution in [0.3, 0.4) is 0 Å². The van der Waals surface area contributed by atoms with Gasteiger partial charge in [-0.1, -0.05) is 29.8 Å². The van der Waals surface area contributed by atoms with Crippen molar-refractivity contribution in [3.05, 3.63) is 64.7 Å². The lowest BCUT2D eigenvalue weighted by Crippen LogP contribution is -3.13. The molecule has 0 unspecified atom stereocenters. The largest absolute Gasteiger partial charge is 0.328 e. The average molecular weight is 429 g/mol. The summed E-state index contributed by atoms with van der Waals surface area (Å²) in [5.74, 6) is 0.0397. The summed E-state index contributed by atoms with van der Waals surface area (Å²) >= 11 is 0. The number of carbonyl (C=O) groups excluding carboxylic acids is 1. The molecule has 0 saturated carbocycles. The summed E-state index contributed by atoms with van der Waals surface area (Å²) in [6.45, 7) is 8.35. The molecule has 0 bridgehead atoms. The molecule has 4 rings (SSSR count). The Labute approximate surface area is 179 Å². The van der Waals surface area contributed by atoms with E-state index in [1.165, 1.54) is 26.6 Å². The first-order valence-corrected chi connectivity index (χ1v) is 12.4. The lowest BCUT2D eigenvalue weighted by atomic mass is 10.1. The molecule has 2 aromatic carbocycles. The van der Waals surface area contributed by atoms with E-state index in [4.69, 9.17) is 0 Å². The summed E-state index contributed by atoms with van der Waals surface area (Å²) in [6, 6.07) is 13.9. The minimum absolute atomic E-state index is 0.0397. The highest BCUT2D eigenvalue weighted by molar-refractivity contribution is 7.92. The fourth-order valence-corrected chi connectivity index (χ4v) is 6.00. The van der Waals surface area contributed by atoms with Crippen molar-refractivity contribution >= 4 is 21.6 Å². The van der Waals surface area contributed by atoms with E-state index in [-0.39, 0.29) is 11.9 Å². The van der Waals surface area contributed by atoms with Crippen LogP contribution >= 0.6 is 0 Å². The molecule has 2 aromatic rings. The van der Waals surface area contributed by atoms with Gasteiger partial charge in [-0.15, -0.1) is 0 Å². The Morgan fingerprint density at radius 3 is 2.53 bits per heavy atom. The van der Waals surface area contributed by atoms with Crippen LogP contribution in [0.25, 0.3) is 0 Å². The van der Waals surface area contributed by atoms with E-state index in [2.05, 4.69) is 31.2 Å². The van der Waals surface area contributed by atoms with Crippen LogP contribution in [-0.4, -0.2) is 57.7 Å². The summed E-state index contributed by atoms with van der Waals surface area (Å²) in [6.07, 6.45) is 1.87. The molecule has 6 nitrogen and oxygen atoms in total. The minimum atomic E-state index is -3.32. The smallest absolute Gasteiger partial charge is 0.254 e. The van der Waals surface area contributed by atoms with Gasteiger partial charge in [0.05, 0.1) is 38.1 Å². The first kappa shape index (κ1) is 20.9. The van der Waals surface area contributed by atoms with E-state index in [9.17, 15) is 13.2 Å². The molecule has 1 atom stereocenters. The Morgan fingerprint density at radius 1 is 1.13 bits per heavy atom. The molecular formula is C23H30N3O3S+. The third-order valence-corrected chi connectivity index (χ3v) is 7.40. The van der Waals surface area contributed by atoms with Crippen molar-refractivity contribution < 1.29 is 18.1 Å². The summed E-state index contributed by atoms with van der Waals surface area (Å²) in [7, 11) is -3.32. The number of carbonyl (C=O) groups is 1. The molecule has 1 N–H and O–H groups in total. The number of anilines is 1. The van der Waals surface area contributed by atoms with Crippen LogP contribution in [0.15, 0.2) is 42.5 Å². The predicted octanol–water partition coefficient (Wildman–Crippen LogP) is 1.25. The van der Waals surface area contributed by atoms with Crippen LogP contribution in [0.2, 0.25) is 0 Å². The molecule has 0 aromatic heterocycles. The zero-order chi connectivity index (χ0) is 21.5. The van der Waals surface area contributed by atoms with Gasteiger partial charge in [0.15, 0.2) is 0 Å². The summed E-state index contributed by atoms with van der Waals surface area (Å²) in [4.78, 5) is 16.5. The third kappa shape index (κ3) is 4.23. The molecule has 1 saturated heterocycles. The van der Waals surface area contributed by atoms with Gasteiger partial charge in [-0.05, 0) is 44.0 Å². The highest BCUT2D eigenvalue weighted by Gasteiger charge is 2.33. The van der Waals surface area contributed by atoms with E-state index in [1.807, 2.05) is 17.9 Å². The van der Waals surface area contributed by atoms with Gasteiger partial charge in [-0.2, -0.15) is 0 Å². The molecule has 0 radical (unpaired) electrons. The van der Waals surface area contributed by atoms with Crippen LogP contribution in [0.5, 0.6) is 0 Å². The second-order valence-electron chi connectivity index (χ2n) is 8.66. The van der Waals surface area contributed by atoms with Crippen molar-refractivity contribution in [1.82, 2.24) is 4.90 Å². The highest BCUT2D eigenvalue weighted by atomic mass is 32.2. The van der Waals surface area contributed by atoms with E-state index in [1.54, 1.807) is 12.1 Å². The number of rotatable bonds is 4. The van der Waals surface area contributed by atoms with Gasteiger partial charge < -0.3 is 9.80 Å². The summed E-state index contributed by atoms with van der Waals surface area (Å²) < 4.78 is 25.7. The molecule has 2 heterocycles. The van der Waals surface area contributed by atoms with Gasteiger partial charge in [-0.25, -0.2) is 8.42 Å². The standard InChI is InChI=1S/C23H29N3O3S/c1-17-5-4-6-19(13-17)16-24-9-11-25(12-10-24)23(27)20-7-8-22-21(15-20)14-18(2)26(22)30(3,28)29/h4-8,13,15,18H,9-12,14,16H2,1-3H3/p+1/t18-/m0/s1. The Balaban J connectivity index is 1.41. The van der Waals surface area contributed by atoms with Crippen molar-refractivity contribution in [3.63, 3.8) is 0 Å². The van der Waals surface area contributed by atoms with Gasteiger partial charge in [0.25, 0.3) is 5.91 Å². The van der Waals surface area contributed by atoms with Gasteiger partial charge in [-0.3, -0.25) is 9.10 Å². The maximum atomic E-state index is 13.1. The number of sulfonamides is 1. The molecule has 160 valence electrons. The minimum Gasteiger partial charge on any atom is -0.328 e. The maximum Gasteiger partial charge on any atom is 0.254 e. The van der Waals surface area contributed by atoms with Crippen LogP contribution in [0, 0.1) is 6.92 Å². The second kappa shape index (κ2) is 8.04. The molecule has 0 aliphatic carbocycles. The number of piperazine rings is 1. The zero-order valence-electron chi connectivity index (χ0n) is 17.9. The SMILES string of the molecule is Cc1cccc(C[NH+]2CCN(C(=O)c3ccc4c(c3)C[C@H](C)N4S(C)(=O)=O)CC2)c1. The number of nitrogens with one attached hydrogen (secondary N) is 1. The summed E-state index contributed by atoms with van der Waals surface area (Å²) in [5, 5.41) is 0. The number of amides is 1. The van der Waals surface area contributed by atoms with Gasteiger partial charge in [0.1, 0.15) is 6.54 Å². The average Bonchev–Trinajstić information content (AvgIpc) is 3.03. The molecular weight excluding hydrogens is 398 g/mol. The maximum absolute atomic E-state index is 13.1. The topological polar surface area (TPSA) is 62.1 Å². The Hall–Kier alpha value is -2.38. The molecule has 7 heteroatoms. The number of quaternary nitrogens is 1. The van der Waals surface area contributed by atoms with E-state index < -0.39 is 10.0 Å². The van der Waals surface area contributed by atoms with Gasteiger partial charge in [0.2, 0.25) is 10.0 Å². The first-order valence-electron chi connectivity index (χ1n) is 10.5. The number of nitrogens with zero attached hydrogens (tertiary/aromatic N) is 2. The molecule has 0 spiro atoms. The lowest BCUT2D eigenvalue weighted by Gasteiger charge is -2.32. The lowest BCUT2D eigenvalue weighted by molar-refractivity contribution is -0.917. The van der Waals surface area contributed by atoms with Crippen LogP contribution in [0.1, 0.15) is 34.0 Å². The Kier molecular flexibility index (Phi) is 5.59. The highest BCUT2D eigenvalue weighted by Crippen LogP contribution is 2.34. The van der Waals surface area contributed by atoms with Crippen molar-refractivity contribution in [1.29, 1.82) is 0 Å². The summed E-state index contributed by atoms with van der Waals surface area (Å²) in [5.41, 5.74) is 4.91. The first-order chi connectivity index (χ1) is 14.2. The van der Waals surface area contributed by atoms with E-state index in [0.717, 1.165) is 38.3 Å². The van der Waals surface area contributed by atoms with E-state index >= 15 is 0 Å². The number of benzene rings is 2. The number of fused-ring (bicyclic) bond motifs is 1. The third-order valence-electron chi connectivity index (χ3n) is 6.13. The fourth-order valence-electron chi connectivity index (χ4n) is 4.74. The van der Waals surface area contributed by atoms with Crippen LogP contribution in [0.4, 0.5) is 5.69 Å². The second-order valence-corrected chi connectivity index (χ2v) is 10.5. The normalized spacial score (nSPS) is 19.8. The zero-order valence-corrected chi connectivity index (χ0v) is 18.7. The van der Waals surface area contributed by atoms with Crippen molar-refractivity contribution in [2.45, 2.75) is 32.9 Å². The number of hydrogen-bond acceptors (Lipinski definition) is 3. The van der Waals surface area contributed by atoms with Crippen LogP contribution < -0.4 is 9.21 Å². The molecule has 30 heavy (non-hydrogen) atoms. The predicted molar refractivity (Wildman–Crippen MR) is 118 cm³/mol. The molecule has 1 fully saturated rings. The Morgan fingerprint density at radius 2 is 1.87 bits per heavy atom. The van der Waals surface area contributed by atoms with Crippen molar-refractivity contribution in [2.24, 2.45) is 0 Å².